The molecular formula is C14H17NO3. The van der Waals surface area contributed by atoms with E-state index in [1.54, 1.807) is 7.05 Å². The van der Waals surface area contributed by atoms with Crippen molar-refractivity contribution in [3.8, 4) is 0 Å². The highest BCUT2D eigenvalue weighted by Crippen LogP contribution is 2.10. The molecule has 0 aliphatic rings. The van der Waals surface area contributed by atoms with Crippen molar-refractivity contribution in [3.05, 3.63) is 48.6 Å². The molecule has 1 aromatic carbocycles. The topological polar surface area (TPSA) is 46.6 Å². The maximum atomic E-state index is 11.7. The number of hydrogen-bond acceptors (Lipinski definition) is 3. The Balaban J connectivity index is 2.89. The van der Waals surface area contributed by atoms with Gasteiger partial charge in [-0.15, -0.1) is 0 Å². The lowest BCUT2D eigenvalue weighted by molar-refractivity contribution is -0.150. The van der Waals surface area contributed by atoms with Gasteiger partial charge in [0.25, 0.3) is 0 Å². The molecule has 1 aromatic rings. The standard InChI is InChI=1S/C14H17NO3/c1-4-13(16)15(2)12(14(17)18-3)10-11-8-6-5-7-9-11/h4-9,12H,1,10H2,2-3H3. The second kappa shape index (κ2) is 6.59. The van der Waals surface area contributed by atoms with E-state index in [2.05, 4.69) is 6.58 Å². The van der Waals surface area contributed by atoms with Gasteiger partial charge in [0, 0.05) is 13.5 Å². The lowest BCUT2D eigenvalue weighted by Gasteiger charge is -2.25. The SMILES string of the molecule is C=CC(=O)N(C)C(Cc1ccccc1)C(=O)OC. The van der Waals surface area contributed by atoms with Crippen molar-refractivity contribution in [1.29, 1.82) is 0 Å². The van der Waals surface area contributed by atoms with Crippen molar-refractivity contribution < 1.29 is 14.3 Å². The highest BCUT2D eigenvalue weighted by molar-refractivity contribution is 5.91. The van der Waals surface area contributed by atoms with Gasteiger partial charge in [0.2, 0.25) is 5.91 Å². The molecule has 0 aliphatic heterocycles. The minimum Gasteiger partial charge on any atom is -0.467 e. The monoisotopic (exact) mass is 247 g/mol. The Labute approximate surface area is 107 Å². The Hall–Kier alpha value is -2.10. The van der Waals surface area contributed by atoms with Crippen LogP contribution in [0.1, 0.15) is 5.56 Å². The molecule has 0 aromatic heterocycles. The smallest absolute Gasteiger partial charge is 0.328 e. The fraction of sp³-hybridized carbons (Fsp3) is 0.286. The van der Waals surface area contributed by atoms with Crippen LogP contribution in [0.25, 0.3) is 0 Å². The number of amides is 1. The summed E-state index contributed by atoms with van der Waals surface area (Å²) in [4.78, 5) is 24.6. The van der Waals surface area contributed by atoms with Crippen LogP contribution < -0.4 is 0 Å². The number of carbonyl (C=O) groups excluding carboxylic acids is 2. The van der Waals surface area contributed by atoms with Crippen LogP contribution in [0.4, 0.5) is 0 Å². The molecule has 1 rings (SSSR count). The zero-order chi connectivity index (χ0) is 13.5. The van der Waals surface area contributed by atoms with Crippen molar-refractivity contribution in [2.75, 3.05) is 14.2 Å². The predicted octanol–water partition coefficient (Wildman–Crippen LogP) is 1.42. The first kappa shape index (κ1) is 14.0. The van der Waals surface area contributed by atoms with Gasteiger partial charge < -0.3 is 9.64 Å². The molecule has 18 heavy (non-hydrogen) atoms. The summed E-state index contributed by atoms with van der Waals surface area (Å²) in [5.41, 5.74) is 0.969. The number of hydrogen-bond donors (Lipinski definition) is 0. The third kappa shape index (κ3) is 3.45. The molecule has 1 atom stereocenters. The van der Waals surface area contributed by atoms with Gasteiger partial charge in [0.05, 0.1) is 7.11 Å². The maximum absolute atomic E-state index is 11.7. The fourth-order valence-electron chi connectivity index (χ4n) is 1.65. The summed E-state index contributed by atoms with van der Waals surface area (Å²) in [6.07, 6.45) is 1.60. The average Bonchev–Trinajstić information content (AvgIpc) is 2.43. The summed E-state index contributed by atoms with van der Waals surface area (Å²) >= 11 is 0. The van der Waals surface area contributed by atoms with E-state index in [4.69, 9.17) is 4.74 Å². The number of nitrogens with zero attached hydrogens (tertiary/aromatic N) is 1. The summed E-state index contributed by atoms with van der Waals surface area (Å²) in [5, 5.41) is 0. The van der Waals surface area contributed by atoms with Crippen molar-refractivity contribution >= 4 is 11.9 Å². The van der Waals surface area contributed by atoms with E-state index in [1.165, 1.54) is 18.1 Å². The Morgan fingerprint density at radius 1 is 1.39 bits per heavy atom. The van der Waals surface area contributed by atoms with E-state index in [0.717, 1.165) is 5.56 Å². The highest BCUT2D eigenvalue weighted by Gasteiger charge is 2.26. The van der Waals surface area contributed by atoms with E-state index >= 15 is 0 Å². The van der Waals surface area contributed by atoms with Gasteiger partial charge in [0.15, 0.2) is 0 Å². The molecule has 4 heteroatoms. The third-order valence-electron chi connectivity index (χ3n) is 2.73. The molecule has 0 aliphatic carbocycles. The molecule has 0 bridgehead atoms. The molecule has 1 amide bonds. The van der Waals surface area contributed by atoms with Gasteiger partial charge in [-0.1, -0.05) is 36.9 Å². The van der Waals surface area contributed by atoms with E-state index in [9.17, 15) is 9.59 Å². The van der Waals surface area contributed by atoms with Crippen molar-refractivity contribution in [3.63, 3.8) is 0 Å². The summed E-state index contributed by atoms with van der Waals surface area (Å²) in [6.45, 7) is 3.41. The van der Waals surface area contributed by atoms with Gasteiger partial charge in [-0.3, -0.25) is 4.79 Å². The van der Waals surface area contributed by atoms with Gasteiger partial charge in [-0.25, -0.2) is 4.79 Å². The number of rotatable bonds is 5. The lowest BCUT2D eigenvalue weighted by atomic mass is 10.0. The molecule has 1 unspecified atom stereocenters. The normalized spacial score (nSPS) is 11.4. The first-order chi connectivity index (χ1) is 8.60. The second-order valence-electron chi connectivity index (χ2n) is 3.88. The van der Waals surface area contributed by atoms with Gasteiger partial charge in [-0.05, 0) is 11.6 Å². The van der Waals surface area contributed by atoms with Gasteiger partial charge in [-0.2, -0.15) is 0 Å². The third-order valence-corrected chi connectivity index (χ3v) is 2.73. The van der Waals surface area contributed by atoms with Crippen LogP contribution in [0.3, 0.4) is 0 Å². The van der Waals surface area contributed by atoms with Crippen LogP contribution in [0.5, 0.6) is 0 Å². The summed E-state index contributed by atoms with van der Waals surface area (Å²) in [7, 11) is 2.88. The van der Waals surface area contributed by atoms with Gasteiger partial charge >= 0.3 is 5.97 Å². The van der Waals surface area contributed by atoms with Crippen LogP contribution in [-0.2, 0) is 20.7 Å². The quantitative estimate of drug-likeness (QED) is 0.584. The van der Waals surface area contributed by atoms with Crippen LogP contribution in [0.15, 0.2) is 43.0 Å². The van der Waals surface area contributed by atoms with E-state index in [0.29, 0.717) is 6.42 Å². The van der Waals surface area contributed by atoms with Gasteiger partial charge in [0.1, 0.15) is 6.04 Å². The highest BCUT2D eigenvalue weighted by atomic mass is 16.5. The first-order valence-electron chi connectivity index (χ1n) is 5.61. The number of methoxy groups -OCH3 is 1. The molecule has 0 heterocycles. The van der Waals surface area contributed by atoms with Crippen molar-refractivity contribution in [1.82, 2.24) is 4.90 Å². The Morgan fingerprint density at radius 3 is 2.50 bits per heavy atom. The van der Waals surface area contributed by atoms with Crippen LogP contribution in [-0.4, -0.2) is 37.0 Å². The number of esters is 1. The molecular weight excluding hydrogens is 230 g/mol. The zero-order valence-electron chi connectivity index (χ0n) is 10.6. The number of benzene rings is 1. The number of likely N-dealkylation sites (N-methyl/N-ethyl adjacent to an activating group) is 1. The summed E-state index contributed by atoms with van der Waals surface area (Å²) < 4.78 is 4.73. The molecule has 0 fully saturated rings. The Morgan fingerprint density at radius 2 is 2.00 bits per heavy atom. The Bertz CT molecular complexity index is 428. The molecule has 96 valence electrons. The van der Waals surface area contributed by atoms with E-state index in [1.807, 2.05) is 30.3 Å². The molecule has 0 spiro atoms. The van der Waals surface area contributed by atoms with E-state index in [-0.39, 0.29) is 5.91 Å². The Kier molecular flexibility index (Phi) is 5.11. The second-order valence-corrected chi connectivity index (χ2v) is 3.88. The maximum Gasteiger partial charge on any atom is 0.328 e. The molecule has 0 saturated heterocycles. The number of ether oxygens (including phenoxy) is 1. The minimum atomic E-state index is -0.636. The zero-order valence-corrected chi connectivity index (χ0v) is 10.6. The van der Waals surface area contributed by atoms with Crippen molar-refractivity contribution in [2.24, 2.45) is 0 Å². The average molecular weight is 247 g/mol. The summed E-state index contributed by atoms with van der Waals surface area (Å²) in [5.74, 6) is -0.738. The van der Waals surface area contributed by atoms with E-state index < -0.39 is 12.0 Å². The lowest BCUT2D eigenvalue weighted by Crippen LogP contribution is -2.43. The van der Waals surface area contributed by atoms with Crippen molar-refractivity contribution in [2.45, 2.75) is 12.5 Å². The largest absolute Gasteiger partial charge is 0.467 e. The first-order valence-corrected chi connectivity index (χ1v) is 5.61. The summed E-state index contributed by atoms with van der Waals surface area (Å²) in [6, 6.07) is 8.85. The van der Waals surface area contributed by atoms with Crippen LogP contribution in [0, 0.1) is 0 Å². The molecule has 0 radical (unpaired) electrons. The number of carbonyl (C=O) groups is 2. The minimum absolute atomic E-state index is 0.304. The molecule has 0 saturated carbocycles. The molecule has 0 N–H and O–H groups in total. The predicted molar refractivity (Wildman–Crippen MR) is 68.9 cm³/mol. The van der Waals surface area contributed by atoms with Crippen LogP contribution in [0.2, 0.25) is 0 Å². The fourth-order valence-corrected chi connectivity index (χ4v) is 1.65. The molecule has 4 nitrogen and oxygen atoms in total. The van der Waals surface area contributed by atoms with Crippen LogP contribution >= 0.6 is 0 Å².